The van der Waals surface area contributed by atoms with Crippen molar-refractivity contribution in [1.29, 1.82) is 0 Å². The van der Waals surface area contributed by atoms with Gasteiger partial charge in [0.25, 0.3) is 0 Å². The van der Waals surface area contributed by atoms with Crippen LogP contribution >= 0.6 is 0 Å². The fraction of sp³-hybridized carbons (Fsp3) is 0.143. The molecule has 0 aromatic heterocycles. The summed E-state index contributed by atoms with van der Waals surface area (Å²) in [4.78, 5) is 24.5. The lowest BCUT2D eigenvalue weighted by Crippen LogP contribution is -2.35. The average Bonchev–Trinajstić information content (AvgIpc) is 2.36. The number of hydrogen-bond donors (Lipinski definition) is 2. The van der Waals surface area contributed by atoms with E-state index in [2.05, 4.69) is 0 Å². The largest absolute Gasteiger partial charge is 0.508 e. The molecule has 2 aliphatic carbocycles. The number of aliphatic hydroxyl groups is 1. The van der Waals surface area contributed by atoms with Crippen molar-refractivity contribution in [2.45, 2.75) is 0 Å². The monoisotopic (exact) mass is 242 g/mol. The first-order valence-electron chi connectivity index (χ1n) is 5.58. The summed E-state index contributed by atoms with van der Waals surface area (Å²) in [6.07, 6.45) is 4.36. The highest BCUT2D eigenvalue weighted by Gasteiger charge is 2.40. The summed E-state index contributed by atoms with van der Waals surface area (Å²) >= 11 is 0. The first-order chi connectivity index (χ1) is 8.58. The first-order valence-corrected chi connectivity index (χ1v) is 5.58. The van der Waals surface area contributed by atoms with Crippen LogP contribution in [0.3, 0.4) is 0 Å². The molecule has 0 heterocycles. The normalized spacial score (nSPS) is 25.4. The molecular formula is C14H10O4. The quantitative estimate of drug-likeness (QED) is 0.729. The second-order valence-corrected chi connectivity index (χ2v) is 4.46. The van der Waals surface area contributed by atoms with Crippen LogP contribution in [0.15, 0.2) is 42.2 Å². The topological polar surface area (TPSA) is 74.6 Å². The Hall–Kier alpha value is -2.36. The summed E-state index contributed by atoms with van der Waals surface area (Å²) < 4.78 is 0. The number of aliphatic hydroxyl groups excluding tert-OH is 1. The number of phenolic OH excluding ortho intramolecular Hbond substituents is 1. The fourth-order valence-electron chi connectivity index (χ4n) is 2.46. The van der Waals surface area contributed by atoms with Gasteiger partial charge >= 0.3 is 0 Å². The lowest BCUT2D eigenvalue weighted by Gasteiger charge is -2.28. The number of rotatable bonds is 0. The number of ketones is 2. The second kappa shape index (κ2) is 3.57. The van der Waals surface area contributed by atoms with Crippen LogP contribution in [0.5, 0.6) is 5.75 Å². The van der Waals surface area contributed by atoms with E-state index in [1.54, 1.807) is 0 Å². The van der Waals surface area contributed by atoms with Crippen LogP contribution in [0.4, 0.5) is 0 Å². The van der Waals surface area contributed by atoms with Gasteiger partial charge in [0.2, 0.25) is 0 Å². The molecule has 0 saturated carbocycles. The van der Waals surface area contributed by atoms with Gasteiger partial charge in [0.1, 0.15) is 11.5 Å². The van der Waals surface area contributed by atoms with Crippen molar-refractivity contribution >= 4 is 11.6 Å². The van der Waals surface area contributed by atoms with Gasteiger partial charge in [-0.2, -0.15) is 0 Å². The van der Waals surface area contributed by atoms with Crippen LogP contribution in [-0.2, 0) is 0 Å². The van der Waals surface area contributed by atoms with Crippen molar-refractivity contribution in [3.63, 3.8) is 0 Å². The van der Waals surface area contributed by atoms with Crippen molar-refractivity contribution < 1.29 is 19.8 Å². The molecule has 4 nitrogen and oxygen atoms in total. The minimum absolute atomic E-state index is 0.000344. The summed E-state index contributed by atoms with van der Waals surface area (Å²) in [5.41, 5.74) is 0.555. The highest BCUT2D eigenvalue weighted by atomic mass is 16.3. The summed E-state index contributed by atoms with van der Waals surface area (Å²) in [5.74, 6) is -1.66. The zero-order chi connectivity index (χ0) is 12.9. The van der Waals surface area contributed by atoms with Crippen LogP contribution in [0.25, 0.3) is 0 Å². The molecule has 90 valence electrons. The number of fused-ring (bicyclic) bond motifs is 2. The number of phenols is 1. The predicted octanol–water partition coefficient (Wildman–Crippen LogP) is 2.02. The van der Waals surface area contributed by atoms with E-state index >= 15 is 0 Å². The number of carbonyl (C=O) groups is 2. The number of allylic oxidation sites excluding steroid dienone is 3. The van der Waals surface area contributed by atoms with Gasteiger partial charge in [-0.05, 0) is 30.4 Å². The van der Waals surface area contributed by atoms with Crippen molar-refractivity contribution in [2.75, 3.05) is 0 Å². The lowest BCUT2D eigenvalue weighted by atomic mass is 9.72. The van der Waals surface area contributed by atoms with E-state index in [-0.39, 0.29) is 28.6 Å². The fourth-order valence-corrected chi connectivity index (χ4v) is 2.46. The van der Waals surface area contributed by atoms with E-state index in [0.717, 1.165) is 0 Å². The minimum atomic E-state index is -0.639. The van der Waals surface area contributed by atoms with Crippen LogP contribution in [0, 0.1) is 11.8 Å². The average molecular weight is 242 g/mol. The molecule has 0 fully saturated rings. The Kier molecular flexibility index (Phi) is 2.13. The summed E-state index contributed by atoms with van der Waals surface area (Å²) in [5, 5.41) is 18.8. The molecule has 3 rings (SSSR count). The molecule has 2 aliphatic rings. The van der Waals surface area contributed by atoms with Gasteiger partial charge in [-0.3, -0.25) is 9.59 Å². The smallest absolute Gasteiger partial charge is 0.171 e. The molecule has 2 atom stereocenters. The molecule has 18 heavy (non-hydrogen) atoms. The molecule has 1 aromatic rings. The molecule has 2 N–H and O–H groups in total. The number of Topliss-reactive ketones (excluding diaryl/α,β-unsaturated/α-hetero) is 2. The molecule has 0 saturated heterocycles. The Bertz CT molecular complexity index is 625. The van der Waals surface area contributed by atoms with E-state index in [4.69, 9.17) is 0 Å². The number of carbonyl (C=O) groups excluding carboxylic acids is 2. The highest BCUT2D eigenvalue weighted by Crippen LogP contribution is 2.36. The Balaban J connectivity index is 2.19. The lowest BCUT2D eigenvalue weighted by molar-refractivity contribution is 0.0798. The van der Waals surface area contributed by atoms with Gasteiger partial charge in [0.15, 0.2) is 11.6 Å². The van der Waals surface area contributed by atoms with Crippen molar-refractivity contribution in [3.05, 3.63) is 53.3 Å². The van der Waals surface area contributed by atoms with E-state index in [0.29, 0.717) is 5.56 Å². The van der Waals surface area contributed by atoms with Crippen molar-refractivity contribution in [3.8, 4) is 5.75 Å². The number of benzene rings is 1. The second-order valence-electron chi connectivity index (χ2n) is 4.46. The van der Waals surface area contributed by atoms with Gasteiger partial charge < -0.3 is 10.2 Å². The van der Waals surface area contributed by atoms with E-state index in [1.807, 2.05) is 0 Å². The third kappa shape index (κ3) is 1.39. The maximum Gasteiger partial charge on any atom is 0.171 e. The van der Waals surface area contributed by atoms with Gasteiger partial charge in [0, 0.05) is 11.1 Å². The maximum absolute atomic E-state index is 12.2. The van der Waals surface area contributed by atoms with Crippen LogP contribution < -0.4 is 0 Å². The van der Waals surface area contributed by atoms with E-state index in [9.17, 15) is 19.8 Å². The summed E-state index contributed by atoms with van der Waals surface area (Å²) in [7, 11) is 0. The predicted molar refractivity (Wildman–Crippen MR) is 63.6 cm³/mol. The third-order valence-electron chi connectivity index (χ3n) is 3.35. The maximum atomic E-state index is 12.2. The molecule has 0 radical (unpaired) electrons. The highest BCUT2D eigenvalue weighted by molar-refractivity contribution is 6.17. The Morgan fingerprint density at radius 1 is 0.944 bits per heavy atom. The van der Waals surface area contributed by atoms with Gasteiger partial charge in [0.05, 0.1) is 11.8 Å². The van der Waals surface area contributed by atoms with Gasteiger partial charge in [-0.15, -0.1) is 0 Å². The van der Waals surface area contributed by atoms with E-state index in [1.165, 1.54) is 36.4 Å². The summed E-state index contributed by atoms with van der Waals surface area (Å²) in [6, 6.07) is 4.15. The van der Waals surface area contributed by atoms with E-state index < -0.39 is 11.8 Å². The van der Waals surface area contributed by atoms with Crippen LogP contribution in [-0.4, -0.2) is 21.8 Å². The van der Waals surface area contributed by atoms with Gasteiger partial charge in [-0.25, -0.2) is 0 Å². The molecule has 4 heteroatoms. The first kappa shape index (κ1) is 10.8. The Morgan fingerprint density at radius 3 is 2.44 bits per heavy atom. The molecule has 0 amide bonds. The minimum Gasteiger partial charge on any atom is -0.508 e. The molecule has 0 spiro atoms. The summed E-state index contributed by atoms with van der Waals surface area (Å²) in [6.45, 7) is 0. The molecule has 0 aliphatic heterocycles. The molecular weight excluding hydrogens is 232 g/mol. The van der Waals surface area contributed by atoms with Crippen LogP contribution in [0.1, 0.15) is 20.7 Å². The third-order valence-corrected chi connectivity index (χ3v) is 3.35. The van der Waals surface area contributed by atoms with Gasteiger partial charge in [-0.1, -0.05) is 6.08 Å². The molecule has 0 bridgehead atoms. The number of aromatic hydroxyl groups is 1. The standard InChI is InChI=1S/C14H10O4/c15-7-1-3-9-11(5-7)14(18)10-4-2-8(16)6-12(10)13(9)17/h1-6,9,11,15-16H. The number of hydrogen-bond acceptors (Lipinski definition) is 4. The van der Waals surface area contributed by atoms with Crippen LogP contribution in [0.2, 0.25) is 0 Å². The molecule has 1 aromatic carbocycles. The van der Waals surface area contributed by atoms with Crippen molar-refractivity contribution in [2.24, 2.45) is 11.8 Å². The zero-order valence-electron chi connectivity index (χ0n) is 9.33. The van der Waals surface area contributed by atoms with Crippen molar-refractivity contribution in [1.82, 2.24) is 0 Å². The zero-order valence-corrected chi connectivity index (χ0v) is 9.33. The SMILES string of the molecule is O=C1c2ccc(O)cc2C(=O)C2C=CC(O)=CC12. The Labute approximate surface area is 103 Å². The molecule has 2 unspecified atom stereocenters. The Morgan fingerprint density at radius 2 is 1.67 bits per heavy atom.